The van der Waals surface area contributed by atoms with E-state index in [1.54, 1.807) is 30.3 Å². The van der Waals surface area contributed by atoms with Crippen LogP contribution in [-0.2, 0) is 0 Å². The van der Waals surface area contributed by atoms with Crippen molar-refractivity contribution >= 4 is 10.8 Å². The topological polar surface area (TPSA) is 58.9 Å². The van der Waals surface area contributed by atoms with Crippen molar-refractivity contribution in [1.82, 2.24) is 10.1 Å². The number of nitrogens with one attached hydrogen (secondary N) is 1. The van der Waals surface area contributed by atoms with Gasteiger partial charge in [0.1, 0.15) is 5.82 Å². The van der Waals surface area contributed by atoms with Gasteiger partial charge in [0.25, 0.3) is 0 Å². The second kappa shape index (κ2) is 3.55. The van der Waals surface area contributed by atoms with E-state index in [-0.39, 0.29) is 5.82 Å². The number of halogens is 1. The molecular weight excluding hydrogens is 223 g/mol. The van der Waals surface area contributed by atoms with Gasteiger partial charge >= 0.3 is 5.76 Å². The van der Waals surface area contributed by atoms with Gasteiger partial charge in [-0.1, -0.05) is 29.4 Å². The molecule has 4 nitrogen and oxygen atoms in total. The molecule has 0 unspecified atom stereocenters. The van der Waals surface area contributed by atoms with Gasteiger partial charge in [0.05, 0.1) is 0 Å². The molecule has 0 fully saturated rings. The highest BCUT2D eigenvalue weighted by Gasteiger charge is 2.10. The van der Waals surface area contributed by atoms with Gasteiger partial charge in [-0.15, -0.1) is 0 Å². The number of H-pyrrole nitrogens is 1. The Hall–Kier alpha value is -2.43. The molecule has 1 aromatic heterocycles. The minimum absolute atomic E-state index is 0.297. The maximum Gasteiger partial charge on any atom is 0.439 e. The predicted molar refractivity (Wildman–Crippen MR) is 60.0 cm³/mol. The van der Waals surface area contributed by atoms with Crippen LogP contribution in [0.1, 0.15) is 0 Å². The van der Waals surface area contributed by atoms with Crippen LogP contribution in [0.3, 0.4) is 0 Å². The minimum Gasteiger partial charge on any atom is -0.296 e. The molecule has 0 bridgehead atoms. The van der Waals surface area contributed by atoms with Crippen molar-refractivity contribution in [3.63, 3.8) is 0 Å². The van der Waals surface area contributed by atoms with Crippen LogP contribution in [0.2, 0.25) is 0 Å². The summed E-state index contributed by atoms with van der Waals surface area (Å²) in [5, 5.41) is 4.76. The van der Waals surface area contributed by atoms with Crippen molar-refractivity contribution < 1.29 is 8.91 Å². The lowest BCUT2D eigenvalue weighted by molar-refractivity contribution is 0.388. The monoisotopic (exact) mass is 230 g/mol. The third kappa shape index (κ3) is 1.52. The second-order valence-corrected chi connectivity index (χ2v) is 3.58. The van der Waals surface area contributed by atoms with E-state index in [0.717, 1.165) is 0 Å². The minimum atomic E-state index is -0.631. The maximum atomic E-state index is 13.6. The molecule has 3 rings (SSSR count). The third-order valence-corrected chi connectivity index (χ3v) is 2.57. The average molecular weight is 230 g/mol. The quantitative estimate of drug-likeness (QED) is 0.697. The van der Waals surface area contributed by atoms with Crippen LogP contribution in [0.25, 0.3) is 22.2 Å². The standard InChI is InChI=1S/C12H7FN2O2/c13-10-6-5-9(11-14-12(16)17-15-11)7-3-1-2-4-8(7)10/h1-6H,(H,14,15,16). The summed E-state index contributed by atoms with van der Waals surface area (Å²) in [5.41, 5.74) is 0.632. The number of benzene rings is 2. The molecule has 0 amide bonds. The number of nitrogens with zero attached hydrogens (tertiary/aromatic N) is 1. The summed E-state index contributed by atoms with van der Waals surface area (Å²) in [6.07, 6.45) is 0. The smallest absolute Gasteiger partial charge is 0.296 e. The molecule has 17 heavy (non-hydrogen) atoms. The Balaban J connectivity index is 2.38. The first-order valence-electron chi connectivity index (χ1n) is 4.99. The van der Waals surface area contributed by atoms with Gasteiger partial charge in [0.2, 0.25) is 0 Å². The van der Waals surface area contributed by atoms with E-state index in [9.17, 15) is 9.18 Å². The summed E-state index contributed by atoms with van der Waals surface area (Å²) >= 11 is 0. The normalized spacial score (nSPS) is 10.9. The van der Waals surface area contributed by atoms with Crippen LogP contribution in [0, 0.1) is 5.82 Å². The van der Waals surface area contributed by atoms with Crippen molar-refractivity contribution in [2.24, 2.45) is 0 Å². The number of aromatic amines is 1. The Bertz CT molecular complexity index is 745. The van der Waals surface area contributed by atoms with Crippen LogP contribution in [0.5, 0.6) is 0 Å². The lowest BCUT2D eigenvalue weighted by Crippen LogP contribution is -1.95. The lowest BCUT2D eigenvalue weighted by Gasteiger charge is -2.03. The fourth-order valence-corrected chi connectivity index (χ4v) is 1.81. The molecule has 0 aliphatic heterocycles. The van der Waals surface area contributed by atoms with E-state index in [1.165, 1.54) is 6.07 Å². The molecule has 0 atom stereocenters. The molecule has 0 radical (unpaired) electrons. The molecule has 0 saturated heterocycles. The van der Waals surface area contributed by atoms with Crippen molar-refractivity contribution in [2.45, 2.75) is 0 Å². The number of fused-ring (bicyclic) bond motifs is 1. The zero-order valence-corrected chi connectivity index (χ0v) is 8.61. The highest BCUT2D eigenvalue weighted by Crippen LogP contribution is 2.27. The molecular formula is C12H7FN2O2. The summed E-state index contributed by atoms with van der Waals surface area (Å²) in [6, 6.07) is 9.88. The maximum absolute atomic E-state index is 13.6. The molecule has 0 saturated carbocycles. The predicted octanol–water partition coefficient (Wildman–Crippen LogP) is 2.32. The van der Waals surface area contributed by atoms with Gasteiger partial charge in [-0.3, -0.25) is 9.51 Å². The summed E-state index contributed by atoms with van der Waals surface area (Å²) in [5.74, 6) is -0.644. The van der Waals surface area contributed by atoms with Gasteiger partial charge in [0.15, 0.2) is 5.82 Å². The van der Waals surface area contributed by atoms with Crippen LogP contribution < -0.4 is 5.76 Å². The highest BCUT2D eigenvalue weighted by molar-refractivity contribution is 5.95. The first kappa shape index (κ1) is 9.77. The number of rotatable bonds is 1. The van der Waals surface area contributed by atoms with Crippen molar-refractivity contribution in [1.29, 1.82) is 0 Å². The lowest BCUT2D eigenvalue weighted by atomic mass is 10.0. The molecule has 1 heterocycles. The van der Waals surface area contributed by atoms with Gasteiger partial charge in [-0.25, -0.2) is 9.18 Å². The van der Waals surface area contributed by atoms with Crippen LogP contribution in [0.4, 0.5) is 4.39 Å². The molecule has 0 aliphatic rings. The van der Waals surface area contributed by atoms with Gasteiger partial charge in [0, 0.05) is 10.9 Å². The SMILES string of the molecule is O=c1[nH]c(-c2ccc(F)c3ccccc23)no1. The fraction of sp³-hybridized carbons (Fsp3) is 0. The first-order valence-corrected chi connectivity index (χ1v) is 4.99. The van der Waals surface area contributed by atoms with Crippen molar-refractivity contribution in [3.8, 4) is 11.4 Å². The molecule has 84 valence electrons. The van der Waals surface area contributed by atoms with Gasteiger partial charge < -0.3 is 0 Å². The first-order chi connectivity index (χ1) is 8.25. The summed E-state index contributed by atoms with van der Waals surface area (Å²) in [6.45, 7) is 0. The molecule has 3 aromatic rings. The zero-order valence-electron chi connectivity index (χ0n) is 8.61. The van der Waals surface area contributed by atoms with E-state index < -0.39 is 5.76 Å². The van der Waals surface area contributed by atoms with Crippen molar-refractivity contribution in [3.05, 3.63) is 52.8 Å². The number of hydrogen-bond acceptors (Lipinski definition) is 3. The molecule has 0 aliphatic carbocycles. The summed E-state index contributed by atoms with van der Waals surface area (Å²) in [4.78, 5) is 13.4. The zero-order chi connectivity index (χ0) is 11.8. The summed E-state index contributed by atoms with van der Waals surface area (Å²) < 4.78 is 18.0. The molecule has 1 N–H and O–H groups in total. The third-order valence-electron chi connectivity index (χ3n) is 2.57. The van der Waals surface area contributed by atoms with E-state index in [4.69, 9.17) is 0 Å². The molecule has 0 spiro atoms. The van der Waals surface area contributed by atoms with E-state index in [2.05, 4.69) is 14.7 Å². The van der Waals surface area contributed by atoms with E-state index in [0.29, 0.717) is 22.2 Å². The summed E-state index contributed by atoms with van der Waals surface area (Å²) in [7, 11) is 0. The number of aromatic nitrogens is 2. The fourth-order valence-electron chi connectivity index (χ4n) is 1.81. The van der Waals surface area contributed by atoms with Gasteiger partial charge in [-0.05, 0) is 17.5 Å². The highest BCUT2D eigenvalue weighted by atomic mass is 19.1. The Labute approximate surface area is 94.7 Å². The van der Waals surface area contributed by atoms with Crippen molar-refractivity contribution in [2.75, 3.05) is 0 Å². The van der Waals surface area contributed by atoms with Crippen LogP contribution in [-0.4, -0.2) is 10.1 Å². The molecule has 2 aromatic carbocycles. The van der Waals surface area contributed by atoms with Crippen LogP contribution >= 0.6 is 0 Å². The molecule has 5 heteroatoms. The second-order valence-electron chi connectivity index (χ2n) is 3.58. The van der Waals surface area contributed by atoms with E-state index in [1.807, 2.05) is 0 Å². The van der Waals surface area contributed by atoms with Crippen LogP contribution in [0.15, 0.2) is 45.7 Å². The average Bonchev–Trinajstić information content (AvgIpc) is 2.77. The Morgan fingerprint density at radius 2 is 1.88 bits per heavy atom. The Morgan fingerprint density at radius 3 is 2.59 bits per heavy atom. The number of hydrogen-bond donors (Lipinski definition) is 1. The largest absolute Gasteiger partial charge is 0.439 e. The Morgan fingerprint density at radius 1 is 1.12 bits per heavy atom. The Kier molecular flexibility index (Phi) is 2.04. The van der Waals surface area contributed by atoms with Gasteiger partial charge in [-0.2, -0.15) is 0 Å². The van der Waals surface area contributed by atoms with E-state index >= 15 is 0 Å².